The molecule has 2 aromatic carbocycles. The maximum absolute atomic E-state index is 13.3. The summed E-state index contributed by atoms with van der Waals surface area (Å²) in [5.74, 6) is 0.984. The molecule has 1 aliphatic rings. The van der Waals surface area contributed by atoms with Crippen molar-refractivity contribution in [3.63, 3.8) is 0 Å². The zero-order valence-electron chi connectivity index (χ0n) is 17.2. The summed E-state index contributed by atoms with van der Waals surface area (Å²) in [5, 5.41) is 5.81. The lowest BCUT2D eigenvalue weighted by atomic mass is 10.0. The second-order valence-electron chi connectivity index (χ2n) is 7.76. The Hall–Kier alpha value is -2.87. The van der Waals surface area contributed by atoms with Crippen LogP contribution >= 0.6 is 0 Å². The van der Waals surface area contributed by atoms with Gasteiger partial charge < -0.3 is 14.2 Å². The molecule has 8 heteroatoms. The van der Waals surface area contributed by atoms with Gasteiger partial charge in [-0.25, -0.2) is 8.42 Å². The minimum Gasteiger partial charge on any atom is -0.488 e. The van der Waals surface area contributed by atoms with Crippen LogP contribution in [0.15, 0.2) is 40.9 Å². The lowest BCUT2D eigenvalue weighted by Crippen LogP contribution is -2.38. The van der Waals surface area contributed by atoms with Crippen LogP contribution in [0, 0.1) is 13.8 Å². The minimum atomic E-state index is -3.09. The first-order chi connectivity index (χ1) is 14.2. The maximum atomic E-state index is 13.3. The van der Waals surface area contributed by atoms with Crippen molar-refractivity contribution in [3.8, 4) is 5.75 Å². The molecule has 0 radical (unpaired) electrons. The number of hydrogen-bond acceptors (Lipinski definition) is 6. The topological polar surface area (TPSA) is 89.7 Å². The van der Waals surface area contributed by atoms with E-state index in [9.17, 15) is 13.2 Å². The van der Waals surface area contributed by atoms with E-state index < -0.39 is 9.84 Å². The molecule has 1 fully saturated rings. The van der Waals surface area contributed by atoms with Gasteiger partial charge in [0.1, 0.15) is 18.1 Å². The smallest absolute Gasteiger partial charge is 0.257 e. The number of hydrogen-bond donors (Lipinski definition) is 0. The van der Waals surface area contributed by atoms with E-state index in [1.54, 1.807) is 13.1 Å². The SMILES string of the molecule is Cc1noc(C)c1COc1cc2ccccc2cc1C(=O)N(C)[C@H]1CCS(=O)(=O)C1. The predicted molar refractivity (Wildman–Crippen MR) is 113 cm³/mol. The Morgan fingerprint density at radius 2 is 1.93 bits per heavy atom. The number of carbonyl (C=O) groups excluding carboxylic acids is 1. The quantitative estimate of drug-likeness (QED) is 0.620. The Bertz CT molecular complexity index is 1200. The molecule has 1 amide bonds. The first-order valence-corrected chi connectivity index (χ1v) is 11.6. The van der Waals surface area contributed by atoms with Gasteiger partial charge in [-0.3, -0.25) is 4.79 Å². The number of sulfone groups is 1. The van der Waals surface area contributed by atoms with Crippen LogP contribution in [0.3, 0.4) is 0 Å². The normalized spacial score (nSPS) is 17.9. The summed E-state index contributed by atoms with van der Waals surface area (Å²) in [6.45, 7) is 3.89. The minimum absolute atomic E-state index is 0.00189. The zero-order valence-corrected chi connectivity index (χ0v) is 18.0. The Morgan fingerprint density at radius 1 is 1.23 bits per heavy atom. The summed E-state index contributed by atoms with van der Waals surface area (Å²) < 4.78 is 35.0. The molecule has 2 heterocycles. The van der Waals surface area contributed by atoms with Crippen molar-refractivity contribution >= 4 is 26.5 Å². The molecule has 7 nitrogen and oxygen atoms in total. The van der Waals surface area contributed by atoms with Crippen molar-refractivity contribution in [2.24, 2.45) is 0 Å². The summed E-state index contributed by atoms with van der Waals surface area (Å²) in [5.41, 5.74) is 2.00. The number of nitrogens with zero attached hydrogens (tertiary/aromatic N) is 2. The number of fused-ring (bicyclic) bond motifs is 1. The molecule has 30 heavy (non-hydrogen) atoms. The van der Waals surface area contributed by atoms with Gasteiger partial charge in [-0.1, -0.05) is 29.4 Å². The van der Waals surface area contributed by atoms with Gasteiger partial charge >= 0.3 is 0 Å². The molecular formula is C22H24N2O5S. The highest BCUT2D eigenvalue weighted by Crippen LogP contribution is 2.30. The van der Waals surface area contributed by atoms with E-state index in [0.29, 0.717) is 23.5 Å². The Kier molecular flexibility index (Phi) is 5.27. The fourth-order valence-corrected chi connectivity index (χ4v) is 5.57. The van der Waals surface area contributed by atoms with E-state index in [1.807, 2.05) is 44.2 Å². The third-order valence-electron chi connectivity index (χ3n) is 5.71. The van der Waals surface area contributed by atoms with Crippen molar-refractivity contribution in [2.45, 2.75) is 32.9 Å². The third kappa shape index (κ3) is 3.92. The average Bonchev–Trinajstić information content (AvgIpc) is 3.25. The first-order valence-electron chi connectivity index (χ1n) is 9.80. The largest absolute Gasteiger partial charge is 0.488 e. The van der Waals surface area contributed by atoms with Crippen LogP contribution in [0.1, 0.15) is 33.8 Å². The van der Waals surface area contributed by atoms with Crippen LogP contribution in [0.25, 0.3) is 10.8 Å². The van der Waals surface area contributed by atoms with Gasteiger partial charge in [0.05, 0.1) is 28.3 Å². The van der Waals surface area contributed by atoms with Crippen molar-refractivity contribution in [1.82, 2.24) is 10.1 Å². The van der Waals surface area contributed by atoms with E-state index >= 15 is 0 Å². The zero-order chi connectivity index (χ0) is 21.5. The molecule has 3 aromatic rings. The number of carbonyl (C=O) groups is 1. The van der Waals surface area contributed by atoms with Crippen LogP contribution in [0.5, 0.6) is 5.75 Å². The number of aryl methyl sites for hydroxylation is 2. The van der Waals surface area contributed by atoms with Gasteiger partial charge in [0.2, 0.25) is 0 Å². The van der Waals surface area contributed by atoms with Crippen LogP contribution in [0.4, 0.5) is 0 Å². The molecule has 0 bridgehead atoms. The molecule has 1 aliphatic heterocycles. The van der Waals surface area contributed by atoms with E-state index in [1.165, 1.54) is 4.90 Å². The van der Waals surface area contributed by atoms with Gasteiger partial charge in [-0.15, -0.1) is 0 Å². The van der Waals surface area contributed by atoms with Gasteiger partial charge in [0.25, 0.3) is 5.91 Å². The van der Waals surface area contributed by atoms with E-state index in [4.69, 9.17) is 9.26 Å². The molecule has 1 saturated heterocycles. The molecule has 4 rings (SSSR count). The molecule has 158 valence electrons. The lowest BCUT2D eigenvalue weighted by Gasteiger charge is -2.24. The van der Waals surface area contributed by atoms with Gasteiger partial charge in [0.15, 0.2) is 9.84 Å². The van der Waals surface area contributed by atoms with Crippen molar-refractivity contribution in [2.75, 3.05) is 18.6 Å². The fraction of sp³-hybridized carbons (Fsp3) is 0.364. The molecule has 0 unspecified atom stereocenters. The average molecular weight is 429 g/mol. The van der Waals surface area contributed by atoms with Crippen LogP contribution in [0.2, 0.25) is 0 Å². The van der Waals surface area contributed by atoms with Crippen molar-refractivity contribution in [3.05, 3.63) is 59.0 Å². The molecule has 0 N–H and O–H groups in total. The summed E-state index contributed by atoms with van der Waals surface area (Å²) in [7, 11) is -1.44. The first kappa shape index (κ1) is 20.4. The number of ether oxygens (including phenoxy) is 1. The summed E-state index contributed by atoms with van der Waals surface area (Å²) >= 11 is 0. The lowest BCUT2D eigenvalue weighted by molar-refractivity contribution is 0.0743. The number of aromatic nitrogens is 1. The fourth-order valence-electron chi connectivity index (χ4n) is 3.80. The van der Waals surface area contributed by atoms with Gasteiger partial charge in [0, 0.05) is 13.1 Å². The molecule has 1 aromatic heterocycles. The highest BCUT2D eigenvalue weighted by molar-refractivity contribution is 7.91. The molecule has 0 spiro atoms. The maximum Gasteiger partial charge on any atom is 0.257 e. The predicted octanol–water partition coefficient (Wildman–Crippen LogP) is 3.28. The van der Waals surface area contributed by atoms with E-state index in [-0.39, 0.29) is 30.1 Å². The highest BCUT2D eigenvalue weighted by Gasteiger charge is 2.34. The summed E-state index contributed by atoms with van der Waals surface area (Å²) in [6.07, 6.45) is 0.452. The second-order valence-corrected chi connectivity index (χ2v) is 9.99. The Morgan fingerprint density at radius 3 is 2.53 bits per heavy atom. The van der Waals surface area contributed by atoms with Gasteiger partial charge in [-0.2, -0.15) is 0 Å². The summed E-state index contributed by atoms with van der Waals surface area (Å²) in [6, 6.07) is 11.1. The van der Waals surface area contributed by atoms with Crippen LogP contribution in [-0.2, 0) is 16.4 Å². The molecule has 0 aliphatic carbocycles. The second kappa shape index (κ2) is 7.75. The van der Waals surface area contributed by atoms with E-state index in [0.717, 1.165) is 22.0 Å². The molecule has 0 saturated carbocycles. The van der Waals surface area contributed by atoms with Crippen molar-refractivity contribution < 1.29 is 22.5 Å². The Balaban J connectivity index is 1.68. The number of rotatable bonds is 5. The number of amides is 1. The summed E-state index contributed by atoms with van der Waals surface area (Å²) in [4.78, 5) is 14.8. The van der Waals surface area contributed by atoms with Crippen LogP contribution < -0.4 is 4.74 Å². The Labute approximate surface area is 175 Å². The van der Waals surface area contributed by atoms with E-state index in [2.05, 4.69) is 5.16 Å². The molecular weight excluding hydrogens is 404 g/mol. The monoisotopic (exact) mass is 428 g/mol. The van der Waals surface area contributed by atoms with Gasteiger partial charge in [-0.05, 0) is 43.2 Å². The highest BCUT2D eigenvalue weighted by atomic mass is 32.2. The molecule has 1 atom stereocenters. The van der Waals surface area contributed by atoms with Crippen molar-refractivity contribution in [1.29, 1.82) is 0 Å². The number of benzene rings is 2. The van der Waals surface area contributed by atoms with Crippen LogP contribution in [-0.4, -0.2) is 49.0 Å². The third-order valence-corrected chi connectivity index (χ3v) is 7.46. The standard InChI is InChI=1S/C22H24N2O5S/c1-14-20(15(2)29-23-14)12-28-21-11-17-7-5-4-6-16(17)10-19(21)22(25)24(3)18-8-9-30(26,27)13-18/h4-7,10-11,18H,8-9,12-13H2,1-3H3/t18-/m0/s1.